The molecule has 1 N–H and O–H groups in total. The number of para-hydroxylation sites is 2. The summed E-state index contributed by atoms with van der Waals surface area (Å²) in [5.41, 5.74) is 34.1. The highest BCUT2D eigenvalue weighted by atomic mass is 79.9. The quantitative estimate of drug-likeness (QED) is 0.149. The number of H-pyrrole nitrogens is 1. The zero-order valence-corrected chi connectivity index (χ0v) is 60.0. The maximum absolute atomic E-state index is 3.81. The van der Waals surface area contributed by atoms with Gasteiger partial charge in [-0.1, -0.05) is 399 Å². The Morgan fingerprint density at radius 1 is 0.204 bits per heavy atom. The third-order valence-electron chi connectivity index (χ3n) is 21.8. The molecule has 2 aliphatic rings. The van der Waals surface area contributed by atoms with E-state index in [9.17, 15) is 0 Å². The molecular weight excluding hydrogens is 1370 g/mol. The average molecular weight is 1440 g/mol. The Bertz CT molecular complexity index is 6620. The highest BCUT2D eigenvalue weighted by Gasteiger charge is 2.34. The lowest BCUT2D eigenvalue weighted by Gasteiger charge is -2.20. The van der Waals surface area contributed by atoms with Gasteiger partial charge in [0.05, 0.1) is 22.6 Å². The van der Waals surface area contributed by atoms with Crippen molar-refractivity contribution in [1.82, 2.24) is 9.55 Å². The van der Waals surface area contributed by atoms with E-state index in [1.807, 2.05) is 6.07 Å². The summed E-state index contributed by atoms with van der Waals surface area (Å²) in [6, 6.07) is 145. The summed E-state index contributed by atoms with van der Waals surface area (Å²) in [6.45, 7) is 0. The Hall–Kier alpha value is -13.4. The molecule has 0 radical (unpaired) electrons. The standard InChI is InChI=1S/C52H33N.C32H19Br.C20H15N.CH4/c1-5-18-34(19-6-1)46-38-26-13-14-27-39(38)47(35-20-7-2-8-21-35)51-43-32-33-45(41-29-17-30-42(49(41)43)50(46)51)53-44-31-16-15-28-40(44)48(36-22-9-3-10-23-36)52(53)37-24-11-4-12-25-37;33-27-19-18-26-30-24(27)16-9-17-25(30)31-28(20-10-3-1-4-11-20)22-14-7-8-15-23(22)29(32(26)31)21-12-5-2-6-13-21;1-3-9-15(10-4-1)19-17-13-7-8-14-18(17)21-20(19)16-11-5-2-6-12-16;/h1-33H;1-19H;1-14,21H;1H4. The summed E-state index contributed by atoms with van der Waals surface area (Å²) >= 11 is 3.81. The van der Waals surface area contributed by atoms with Gasteiger partial charge in [0.1, 0.15) is 0 Å². The Balaban J connectivity index is 0.000000122. The van der Waals surface area contributed by atoms with Crippen LogP contribution in [0.4, 0.5) is 0 Å². The van der Waals surface area contributed by atoms with Gasteiger partial charge in [-0.3, -0.25) is 0 Å². The van der Waals surface area contributed by atoms with Gasteiger partial charge in [0.2, 0.25) is 0 Å². The van der Waals surface area contributed by atoms with Crippen LogP contribution >= 0.6 is 15.9 Å². The SMILES string of the molecule is Brc1ccc2c3c(cccc13)-c1c-2c(-c2ccccc2)c2ccccc2c1-c1ccccc1.C.c1ccc(-c2[nH]c3ccccc3c2-c2ccccc2)cc1.c1ccc(-c2c3c(c(-c4ccccc4)c4ccccc24)-c2ccc(-n4c(-c5ccccc5)c(-c5ccccc5)c5ccccc54)c4cccc-3c24)cc1. The van der Waals surface area contributed by atoms with Crippen LogP contribution in [-0.2, 0) is 0 Å². The van der Waals surface area contributed by atoms with Crippen LogP contribution < -0.4 is 0 Å². The number of rotatable bonds is 9. The molecule has 0 fully saturated rings. The van der Waals surface area contributed by atoms with E-state index in [1.165, 1.54) is 204 Å². The molecule has 0 aliphatic heterocycles. The van der Waals surface area contributed by atoms with Gasteiger partial charge in [0.15, 0.2) is 0 Å². The molecule has 18 aromatic carbocycles. The largest absolute Gasteiger partial charge is 0.354 e. The van der Waals surface area contributed by atoms with Crippen molar-refractivity contribution in [3.63, 3.8) is 0 Å². The van der Waals surface area contributed by atoms with Crippen molar-refractivity contribution in [3.05, 3.63) is 405 Å². The van der Waals surface area contributed by atoms with E-state index in [2.05, 4.69) is 420 Å². The van der Waals surface area contributed by atoms with Crippen LogP contribution in [0.1, 0.15) is 7.43 Å². The van der Waals surface area contributed by atoms with Crippen LogP contribution in [0.2, 0.25) is 0 Å². The summed E-state index contributed by atoms with van der Waals surface area (Å²) in [6.07, 6.45) is 0. The predicted molar refractivity (Wildman–Crippen MR) is 465 cm³/mol. The molecule has 22 rings (SSSR count). The highest BCUT2D eigenvalue weighted by Crippen LogP contribution is 2.61. The summed E-state index contributed by atoms with van der Waals surface area (Å²) in [5.74, 6) is 0. The first-order chi connectivity index (χ1) is 53.1. The van der Waals surface area contributed by atoms with Crippen LogP contribution in [0, 0.1) is 0 Å². The normalized spacial score (nSPS) is 11.5. The van der Waals surface area contributed by atoms with E-state index in [0.29, 0.717) is 0 Å². The molecule has 0 saturated carbocycles. The van der Waals surface area contributed by atoms with E-state index in [0.717, 1.165) is 4.47 Å². The zero-order valence-electron chi connectivity index (χ0n) is 58.4. The van der Waals surface area contributed by atoms with Gasteiger partial charge in [-0.15, -0.1) is 0 Å². The second-order valence-electron chi connectivity index (χ2n) is 27.7. The van der Waals surface area contributed by atoms with E-state index in [1.54, 1.807) is 0 Å². The minimum Gasteiger partial charge on any atom is -0.354 e. The summed E-state index contributed by atoms with van der Waals surface area (Å²) in [4.78, 5) is 3.58. The molecule has 0 bridgehead atoms. The van der Waals surface area contributed by atoms with Crippen molar-refractivity contribution in [2.75, 3.05) is 0 Å². The summed E-state index contributed by atoms with van der Waals surface area (Å²) < 4.78 is 3.66. The third kappa shape index (κ3) is 10.8. The van der Waals surface area contributed by atoms with Gasteiger partial charge >= 0.3 is 0 Å². The number of hydrogen-bond donors (Lipinski definition) is 1. The van der Waals surface area contributed by atoms with Crippen molar-refractivity contribution < 1.29 is 0 Å². The molecular formula is C105H71BrN2. The van der Waals surface area contributed by atoms with Crippen molar-refractivity contribution in [1.29, 1.82) is 0 Å². The van der Waals surface area contributed by atoms with Crippen molar-refractivity contribution in [3.8, 4) is 139 Å². The van der Waals surface area contributed by atoms with Crippen LogP contribution in [0.5, 0.6) is 0 Å². The lowest BCUT2D eigenvalue weighted by atomic mass is 9.82. The monoisotopic (exact) mass is 1440 g/mol. The number of nitrogens with one attached hydrogen (secondary N) is 1. The van der Waals surface area contributed by atoms with E-state index >= 15 is 0 Å². The van der Waals surface area contributed by atoms with Crippen LogP contribution in [-0.4, -0.2) is 9.55 Å². The highest BCUT2D eigenvalue weighted by molar-refractivity contribution is 9.10. The van der Waals surface area contributed by atoms with Crippen molar-refractivity contribution >= 4 is 80.8 Å². The van der Waals surface area contributed by atoms with Crippen LogP contribution in [0.15, 0.2) is 405 Å². The molecule has 2 aliphatic carbocycles. The molecule has 0 spiro atoms. The topological polar surface area (TPSA) is 20.7 Å². The number of aromatic nitrogens is 2. The van der Waals surface area contributed by atoms with Crippen molar-refractivity contribution in [2.24, 2.45) is 0 Å². The number of halogens is 1. The molecule has 2 aromatic heterocycles. The maximum Gasteiger partial charge on any atom is 0.0619 e. The summed E-state index contributed by atoms with van der Waals surface area (Å²) in [5, 5.41) is 12.8. The Morgan fingerprint density at radius 2 is 0.509 bits per heavy atom. The fraction of sp³-hybridized carbons (Fsp3) is 0.00952. The molecule has 2 heterocycles. The van der Waals surface area contributed by atoms with E-state index in [-0.39, 0.29) is 7.43 Å². The molecule has 0 unspecified atom stereocenters. The average Bonchev–Trinajstić information content (AvgIpc) is 1.49. The second-order valence-corrected chi connectivity index (χ2v) is 28.6. The molecule has 0 amide bonds. The lowest BCUT2D eigenvalue weighted by molar-refractivity contribution is 1.15. The lowest BCUT2D eigenvalue weighted by Crippen LogP contribution is -1.99. The number of nitrogens with zero attached hydrogens (tertiary/aromatic N) is 1. The third-order valence-corrected chi connectivity index (χ3v) is 22.5. The van der Waals surface area contributed by atoms with Gasteiger partial charge in [-0.05, 0) is 173 Å². The first kappa shape index (κ1) is 65.3. The van der Waals surface area contributed by atoms with Gasteiger partial charge in [-0.2, -0.15) is 0 Å². The minimum absolute atomic E-state index is 0. The Morgan fingerprint density at radius 3 is 0.944 bits per heavy atom. The molecule has 0 atom stereocenters. The van der Waals surface area contributed by atoms with Crippen LogP contribution in [0.3, 0.4) is 0 Å². The zero-order chi connectivity index (χ0) is 70.9. The number of fused-ring (bicyclic) bond motifs is 10. The van der Waals surface area contributed by atoms with Crippen LogP contribution in [0.25, 0.3) is 204 Å². The molecule has 108 heavy (non-hydrogen) atoms. The van der Waals surface area contributed by atoms with Gasteiger partial charge in [-0.25, -0.2) is 0 Å². The van der Waals surface area contributed by atoms with Gasteiger partial charge < -0.3 is 9.55 Å². The smallest absolute Gasteiger partial charge is 0.0619 e. The molecule has 3 heteroatoms. The number of benzene rings is 18. The summed E-state index contributed by atoms with van der Waals surface area (Å²) in [7, 11) is 0. The maximum atomic E-state index is 3.81. The minimum atomic E-state index is 0. The fourth-order valence-electron chi connectivity index (χ4n) is 17.5. The number of aromatic amines is 1. The van der Waals surface area contributed by atoms with Gasteiger partial charge in [0.25, 0.3) is 0 Å². The molecule has 2 nitrogen and oxygen atoms in total. The first-order valence-corrected chi connectivity index (χ1v) is 37.6. The molecule has 508 valence electrons. The van der Waals surface area contributed by atoms with E-state index < -0.39 is 0 Å². The molecule has 0 saturated heterocycles. The van der Waals surface area contributed by atoms with Crippen molar-refractivity contribution in [2.45, 2.75) is 7.43 Å². The Labute approximate surface area is 637 Å². The number of hydrogen-bond acceptors (Lipinski definition) is 0. The first-order valence-electron chi connectivity index (χ1n) is 36.8. The Kier molecular flexibility index (Phi) is 16.7. The van der Waals surface area contributed by atoms with Gasteiger partial charge in [0, 0.05) is 37.3 Å². The molecule has 20 aromatic rings. The predicted octanol–water partition coefficient (Wildman–Crippen LogP) is 30.1. The van der Waals surface area contributed by atoms with E-state index in [4.69, 9.17) is 0 Å². The second kappa shape index (κ2) is 27.6. The fourth-order valence-corrected chi connectivity index (χ4v) is 18.0.